The fourth-order valence-electron chi connectivity index (χ4n) is 3.13. The first-order valence-electron chi connectivity index (χ1n) is 7.32. The molecule has 0 bridgehead atoms. The van der Waals surface area contributed by atoms with Gasteiger partial charge < -0.3 is 9.84 Å². The smallest absolute Gasteiger partial charge is 0.243 e. The van der Waals surface area contributed by atoms with Crippen LogP contribution in [0, 0.1) is 11.8 Å². The zero-order valence-electron chi connectivity index (χ0n) is 12.3. The van der Waals surface area contributed by atoms with Crippen molar-refractivity contribution in [2.75, 3.05) is 19.7 Å². The number of benzene rings is 1. The molecule has 1 saturated heterocycles. The number of aliphatic hydroxyl groups excluding tert-OH is 1. The molecule has 1 unspecified atom stereocenters. The molecular formula is C15H21NO4S. The van der Waals surface area contributed by atoms with E-state index in [1.165, 1.54) is 4.31 Å². The molecule has 3 rings (SSSR count). The Hall–Kier alpha value is -1.11. The van der Waals surface area contributed by atoms with E-state index in [-0.39, 0.29) is 24.5 Å². The normalized spacial score (nSPS) is 29.4. The zero-order valence-corrected chi connectivity index (χ0v) is 13.1. The molecule has 1 N–H and O–H groups in total. The Morgan fingerprint density at radius 1 is 1.33 bits per heavy atom. The van der Waals surface area contributed by atoms with Gasteiger partial charge in [-0.15, -0.1) is 0 Å². The molecule has 1 fully saturated rings. The van der Waals surface area contributed by atoms with Crippen LogP contribution in [0.1, 0.15) is 19.4 Å². The van der Waals surface area contributed by atoms with Gasteiger partial charge in [0.25, 0.3) is 0 Å². The number of hydrogen-bond acceptors (Lipinski definition) is 4. The predicted molar refractivity (Wildman–Crippen MR) is 78.7 cm³/mol. The van der Waals surface area contributed by atoms with E-state index in [2.05, 4.69) is 0 Å². The summed E-state index contributed by atoms with van der Waals surface area (Å²) >= 11 is 0. The van der Waals surface area contributed by atoms with Crippen molar-refractivity contribution in [2.45, 2.75) is 31.3 Å². The topological polar surface area (TPSA) is 66.8 Å². The third-order valence-electron chi connectivity index (χ3n) is 4.47. The average molecular weight is 311 g/mol. The van der Waals surface area contributed by atoms with Crippen LogP contribution in [0.5, 0.6) is 5.75 Å². The average Bonchev–Trinajstić information content (AvgIpc) is 2.99. The second-order valence-electron chi connectivity index (χ2n) is 6.14. The lowest BCUT2D eigenvalue weighted by molar-refractivity contribution is 0.210. The lowest BCUT2D eigenvalue weighted by Crippen LogP contribution is -2.29. The lowest BCUT2D eigenvalue weighted by atomic mass is 10.00. The molecule has 0 radical (unpaired) electrons. The van der Waals surface area contributed by atoms with E-state index in [4.69, 9.17) is 4.74 Å². The molecule has 2 aliphatic rings. The van der Waals surface area contributed by atoms with Crippen molar-refractivity contribution in [3.8, 4) is 5.75 Å². The monoisotopic (exact) mass is 311 g/mol. The second-order valence-corrected chi connectivity index (χ2v) is 8.08. The maximum absolute atomic E-state index is 12.7. The Morgan fingerprint density at radius 2 is 2.10 bits per heavy atom. The van der Waals surface area contributed by atoms with E-state index >= 15 is 0 Å². The third-order valence-corrected chi connectivity index (χ3v) is 6.30. The summed E-state index contributed by atoms with van der Waals surface area (Å²) in [5.41, 5.74) is 0.953. The van der Waals surface area contributed by atoms with Crippen molar-refractivity contribution in [1.29, 1.82) is 0 Å². The summed E-state index contributed by atoms with van der Waals surface area (Å²) in [6.45, 7) is 4.85. The van der Waals surface area contributed by atoms with E-state index in [1.54, 1.807) is 18.2 Å². The summed E-state index contributed by atoms with van der Waals surface area (Å²) in [7, 11) is -3.49. The number of fused-ring (bicyclic) bond motifs is 1. The van der Waals surface area contributed by atoms with Crippen LogP contribution in [0.15, 0.2) is 23.1 Å². The third kappa shape index (κ3) is 2.56. The zero-order chi connectivity index (χ0) is 15.2. The minimum atomic E-state index is -3.49. The summed E-state index contributed by atoms with van der Waals surface area (Å²) < 4.78 is 32.5. The van der Waals surface area contributed by atoms with Crippen LogP contribution in [0.2, 0.25) is 0 Å². The molecule has 1 aromatic rings. The van der Waals surface area contributed by atoms with Crippen LogP contribution in [0.25, 0.3) is 0 Å². The lowest BCUT2D eigenvalue weighted by Gasteiger charge is -2.16. The Labute approximate surface area is 125 Å². The van der Waals surface area contributed by atoms with E-state index in [1.807, 2.05) is 13.8 Å². The van der Waals surface area contributed by atoms with Gasteiger partial charge in [-0.05, 0) is 42.5 Å². The number of hydrogen-bond donors (Lipinski definition) is 1. The van der Waals surface area contributed by atoms with Crippen molar-refractivity contribution >= 4 is 10.0 Å². The Morgan fingerprint density at radius 3 is 2.76 bits per heavy atom. The van der Waals surface area contributed by atoms with Crippen LogP contribution >= 0.6 is 0 Å². The van der Waals surface area contributed by atoms with Gasteiger partial charge in [0.15, 0.2) is 0 Å². The highest BCUT2D eigenvalue weighted by Crippen LogP contribution is 2.33. The molecule has 3 atom stereocenters. The van der Waals surface area contributed by atoms with Crippen LogP contribution in [-0.2, 0) is 16.4 Å². The molecule has 6 heteroatoms. The van der Waals surface area contributed by atoms with Crippen LogP contribution in [0.4, 0.5) is 0 Å². The second kappa shape index (κ2) is 5.26. The first kappa shape index (κ1) is 14.8. The molecule has 2 aliphatic heterocycles. The molecule has 0 aromatic heterocycles. The fraction of sp³-hybridized carbons (Fsp3) is 0.600. The van der Waals surface area contributed by atoms with Gasteiger partial charge in [-0.1, -0.05) is 6.92 Å². The quantitative estimate of drug-likeness (QED) is 0.912. The van der Waals surface area contributed by atoms with Gasteiger partial charge in [0, 0.05) is 26.1 Å². The molecule has 2 heterocycles. The van der Waals surface area contributed by atoms with Crippen LogP contribution in [-0.4, -0.2) is 43.6 Å². The van der Waals surface area contributed by atoms with Crippen LogP contribution in [0.3, 0.4) is 0 Å². The van der Waals surface area contributed by atoms with Gasteiger partial charge in [-0.3, -0.25) is 0 Å². The number of nitrogens with zero attached hydrogens (tertiary/aromatic N) is 1. The highest BCUT2D eigenvalue weighted by molar-refractivity contribution is 7.89. The van der Waals surface area contributed by atoms with Gasteiger partial charge in [0.2, 0.25) is 10.0 Å². The molecule has 1 aromatic carbocycles. The van der Waals surface area contributed by atoms with E-state index in [0.29, 0.717) is 18.0 Å². The van der Waals surface area contributed by atoms with Gasteiger partial charge in [0.1, 0.15) is 11.9 Å². The molecule has 0 amide bonds. The number of aliphatic hydroxyl groups is 1. The van der Waals surface area contributed by atoms with E-state index < -0.39 is 10.0 Å². The number of ether oxygens (including phenoxy) is 1. The largest absolute Gasteiger partial charge is 0.490 e. The summed E-state index contributed by atoms with van der Waals surface area (Å²) in [6.07, 6.45) is 0.845. The maximum Gasteiger partial charge on any atom is 0.243 e. The van der Waals surface area contributed by atoms with Crippen molar-refractivity contribution in [3.63, 3.8) is 0 Å². The summed E-state index contributed by atoms with van der Waals surface area (Å²) in [4.78, 5) is 0.324. The number of rotatable bonds is 3. The van der Waals surface area contributed by atoms with Crippen LogP contribution < -0.4 is 4.74 Å². The molecule has 116 valence electrons. The summed E-state index contributed by atoms with van der Waals surface area (Å²) in [5, 5.41) is 9.31. The van der Waals surface area contributed by atoms with E-state index in [0.717, 1.165) is 17.7 Å². The molecule has 0 saturated carbocycles. The van der Waals surface area contributed by atoms with Crippen molar-refractivity contribution in [1.82, 2.24) is 4.31 Å². The van der Waals surface area contributed by atoms with Crippen molar-refractivity contribution in [2.24, 2.45) is 11.8 Å². The molecule has 21 heavy (non-hydrogen) atoms. The summed E-state index contributed by atoms with van der Waals surface area (Å²) in [5.74, 6) is 0.990. The first-order chi connectivity index (χ1) is 9.91. The van der Waals surface area contributed by atoms with E-state index in [9.17, 15) is 13.5 Å². The first-order valence-corrected chi connectivity index (χ1v) is 8.76. The Balaban J connectivity index is 1.88. The Kier molecular flexibility index (Phi) is 3.71. The summed E-state index contributed by atoms with van der Waals surface area (Å²) in [6, 6.07) is 5.09. The highest BCUT2D eigenvalue weighted by Gasteiger charge is 2.37. The van der Waals surface area contributed by atoms with Crippen molar-refractivity contribution in [3.05, 3.63) is 23.8 Å². The maximum atomic E-state index is 12.7. The van der Waals surface area contributed by atoms with Crippen molar-refractivity contribution < 1.29 is 18.3 Å². The Bertz CT molecular complexity index is 643. The van der Waals surface area contributed by atoms with Gasteiger partial charge in [0.05, 0.1) is 4.90 Å². The molecule has 0 spiro atoms. The SMILES string of the molecule is CC1Cc2cc(S(=O)(=O)N3C[C@@H](CO)[C@H](C)C3)ccc2O1. The van der Waals surface area contributed by atoms with Gasteiger partial charge in [-0.2, -0.15) is 4.31 Å². The molecule has 0 aliphatic carbocycles. The molecular weight excluding hydrogens is 290 g/mol. The van der Waals surface area contributed by atoms with Gasteiger partial charge >= 0.3 is 0 Å². The minimum Gasteiger partial charge on any atom is -0.490 e. The molecule has 5 nitrogen and oxygen atoms in total. The highest BCUT2D eigenvalue weighted by atomic mass is 32.2. The fourth-order valence-corrected chi connectivity index (χ4v) is 4.78. The standard InChI is InChI=1S/C15H21NO4S/c1-10-7-16(8-13(10)9-17)21(18,19)14-3-4-15-12(6-14)5-11(2)20-15/h3-4,6,10-11,13,17H,5,7-9H2,1-2H3/t10-,11?,13+/m1/s1. The van der Waals surface area contributed by atoms with Gasteiger partial charge in [-0.25, -0.2) is 8.42 Å². The number of sulfonamides is 1. The minimum absolute atomic E-state index is 0.0255. The predicted octanol–water partition coefficient (Wildman–Crippen LogP) is 1.26.